The minimum Gasteiger partial charge on any atom is -0.380 e. The lowest BCUT2D eigenvalue weighted by Crippen LogP contribution is -2.55. The molecule has 0 saturated carbocycles. The summed E-state index contributed by atoms with van der Waals surface area (Å²) in [6.07, 6.45) is 5.56. The second kappa shape index (κ2) is 8.98. The van der Waals surface area contributed by atoms with Crippen molar-refractivity contribution in [2.24, 2.45) is 0 Å². The van der Waals surface area contributed by atoms with Crippen LogP contribution in [0.3, 0.4) is 0 Å². The predicted molar refractivity (Wildman–Crippen MR) is 82.2 cm³/mol. The Hall–Kier alpha value is -0.160. The van der Waals surface area contributed by atoms with E-state index in [4.69, 9.17) is 9.47 Å². The van der Waals surface area contributed by atoms with Crippen LogP contribution in [-0.2, 0) is 9.47 Å². The summed E-state index contributed by atoms with van der Waals surface area (Å²) in [5.41, 5.74) is 0. The van der Waals surface area contributed by atoms with Crippen LogP contribution in [0.2, 0.25) is 0 Å². The van der Waals surface area contributed by atoms with Gasteiger partial charge in [-0.15, -0.1) is 0 Å². The fourth-order valence-electron chi connectivity index (χ4n) is 3.37. The van der Waals surface area contributed by atoms with E-state index in [9.17, 15) is 0 Å². The second-order valence-electron chi connectivity index (χ2n) is 6.04. The normalized spacial score (nSPS) is 29.7. The number of hydrogen-bond donors (Lipinski definition) is 0. The number of hydrogen-bond acceptors (Lipinski definition) is 4. The molecule has 2 saturated heterocycles. The molecule has 2 aliphatic rings. The molecule has 0 spiro atoms. The van der Waals surface area contributed by atoms with Crippen molar-refractivity contribution in [2.75, 3.05) is 52.5 Å². The van der Waals surface area contributed by atoms with Gasteiger partial charge in [0.15, 0.2) is 0 Å². The van der Waals surface area contributed by atoms with Gasteiger partial charge in [-0.1, -0.05) is 6.92 Å². The fraction of sp³-hybridized carbons (Fsp3) is 1.00. The van der Waals surface area contributed by atoms with Crippen molar-refractivity contribution in [3.63, 3.8) is 0 Å². The van der Waals surface area contributed by atoms with Crippen LogP contribution in [0.4, 0.5) is 0 Å². The Morgan fingerprint density at radius 1 is 1.20 bits per heavy atom. The zero-order valence-electron chi connectivity index (χ0n) is 13.4. The average Bonchev–Trinajstić information content (AvgIpc) is 2.50. The van der Waals surface area contributed by atoms with E-state index in [0.717, 1.165) is 32.9 Å². The maximum atomic E-state index is 5.88. The molecule has 2 rings (SSSR count). The molecule has 2 fully saturated rings. The van der Waals surface area contributed by atoms with Gasteiger partial charge in [-0.2, -0.15) is 0 Å². The number of nitrogens with zero attached hydrogens (tertiary/aromatic N) is 2. The zero-order valence-corrected chi connectivity index (χ0v) is 13.4. The van der Waals surface area contributed by atoms with Crippen LogP contribution in [0, 0.1) is 0 Å². The smallest absolute Gasteiger partial charge is 0.0702 e. The lowest BCUT2D eigenvalue weighted by molar-refractivity contribution is -0.0260. The van der Waals surface area contributed by atoms with Crippen LogP contribution in [-0.4, -0.2) is 74.5 Å². The van der Waals surface area contributed by atoms with Crippen molar-refractivity contribution in [1.29, 1.82) is 0 Å². The molecule has 0 aliphatic carbocycles. The molecule has 0 aromatic carbocycles. The topological polar surface area (TPSA) is 24.9 Å². The summed E-state index contributed by atoms with van der Waals surface area (Å²) in [6.45, 7) is 12.8. The van der Waals surface area contributed by atoms with Gasteiger partial charge in [-0.05, 0) is 32.6 Å². The largest absolute Gasteiger partial charge is 0.380 e. The lowest BCUT2D eigenvalue weighted by Gasteiger charge is -2.42. The summed E-state index contributed by atoms with van der Waals surface area (Å²) < 4.78 is 11.4. The first-order valence-electron chi connectivity index (χ1n) is 8.49. The molecule has 2 atom stereocenters. The van der Waals surface area contributed by atoms with Crippen molar-refractivity contribution < 1.29 is 9.47 Å². The third-order valence-electron chi connectivity index (χ3n) is 4.62. The molecule has 4 heteroatoms. The Morgan fingerprint density at radius 2 is 2.10 bits per heavy atom. The van der Waals surface area contributed by atoms with Crippen molar-refractivity contribution >= 4 is 0 Å². The third-order valence-corrected chi connectivity index (χ3v) is 4.62. The summed E-state index contributed by atoms with van der Waals surface area (Å²) >= 11 is 0. The Balaban J connectivity index is 1.72. The first kappa shape index (κ1) is 16.2. The van der Waals surface area contributed by atoms with Gasteiger partial charge in [0.25, 0.3) is 0 Å². The highest BCUT2D eigenvalue weighted by molar-refractivity contribution is 4.83. The van der Waals surface area contributed by atoms with Gasteiger partial charge in [0.1, 0.15) is 0 Å². The Morgan fingerprint density at radius 3 is 2.80 bits per heavy atom. The van der Waals surface area contributed by atoms with Gasteiger partial charge in [0, 0.05) is 52.0 Å². The van der Waals surface area contributed by atoms with Gasteiger partial charge in [-0.25, -0.2) is 0 Å². The minimum atomic E-state index is 0.483. The minimum absolute atomic E-state index is 0.483. The maximum Gasteiger partial charge on any atom is 0.0702 e. The predicted octanol–water partition coefficient (Wildman–Crippen LogP) is 1.99. The second-order valence-corrected chi connectivity index (χ2v) is 6.04. The zero-order chi connectivity index (χ0) is 14.2. The number of rotatable bonds is 7. The molecule has 0 radical (unpaired) electrons. The third kappa shape index (κ3) is 4.99. The van der Waals surface area contributed by atoms with Crippen LogP contribution < -0.4 is 0 Å². The Bertz CT molecular complexity index is 257. The van der Waals surface area contributed by atoms with Crippen molar-refractivity contribution in [3.8, 4) is 0 Å². The van der Waals surface area contributed by atoms with Gasteiger partial charge in [0.2, 0.25) is 0 Å². The van der Waals surface area contributed by atoms with Gasteiger partial charge >= 0.3 is 0 Å². The molecule has 2 heterocycles. The van der Waals surface area contributed by atoms with E-state index in [-0.39, 0.29) is 0 Å². The first-order valence-corrected chi connectivity index (χ1v) is 8.49. The van der Waals surface area contributed by atoms with Crippen LogP contribution in [0.15, 0.2) is 0 Å². The molecule has 0 amide bonds. The Labute approximate surface area is 124 Å². The molecule has 0 aromatic rings. The molecular weight excluding hydrogens is 252 g/mol. The molecule has 0 unspecified atom stereocenters. The van der Waals surface area contributed by atoms with E-state index >= 15 is 0 Å². The molecule has 2 aliphatic heterocycles. The molecule has 0 aromatic heterocycles. The summed E-state index contributed by atoms with van der Waals surface area (Å²) in [6, 6.07) is 0.688. The van der Waals surface area contributed by atoms with E-state index in [1.165, 1.54) is 45.3 Å². The fourth-order valence-corrected chi connectivity index (χ4v) is 3.37. The van der Waals surface area contributed by atoms with E-state index in [1.54, 1.807) is 0 Å². The van der Waals surface area contributed by atoms with E-state index in [1.807, 2.05) is 0 Å². The average molecular weight is 284 g/mol. The van der Waals surface area contributed by atoms with Gasteiger partial charge < -0.3 is 9.47 Å². The van der Waals surface area contributed by atoms with E-state index in [2.05, 4.69) is 23.6 Å². The molecule has 118 valence electrons. The van der Waals surface area contributed by atoms with E-state index in [0.29, 0.717) is 12.1 Å². The molecule has 0 bridgehead atoms. The highest BCUT2D eigenvalue weighted by Gasteiger charge is 2.27. The highest BCUT2D eigenvalue weighted by atomic mass is 16.5. The summed E-state index contributed by atoms with van der Waals surface area (Å²) in [5, 5.41) is 0. The van der Waals surface area contributed by atoms with Gasteiger partial charge in [-0.3, -0.25) is 9.80 Å². The highest BCUT2D eigenvalue weighted by Crippen LogP contribution is 2.17. The summed E-state index contributed by atoms with van der Waals surface area (Å²) in [7, 11) is 0. The molecule has 0 N–H and O–H groups in total. The monoisotopic (exact) mass is 284 g/mol. The number of ether oxygens (including phenoxy) is 2. The Kier molecular flexibility index (Phi) is 7.28. The maximum absolute atomic E-state index is 5.88. The standard InChI is InChI=1S/C16H32N2O2/c1-3-15-13-17(14-16-7-5-6-11-20-16)8-9-18(15)10-12-19-4-2/h15-16H,3-14H2,1-2H3/t15-,16-/m1/s1. The van der Waals surface area contributed by atoms with Crippen LogP contribution >= 0.6 is 0 Å². The van der Waals surface area contributed by atoms with Crippen molar-refractivity contribution in [3.05, 3.63) is 0 Å². The number of piperazine rings is 1. The first-order chi connectivity index (χ1) is 9.83. The van der Waals surface area contributed by atoms with Crippen molar-refractivity contribution in [2.45, 2.75) is 51.7 Å². The van der Waals surface area contributed by atoms with Crippen LogP contribution in [0.25, 0.3) is 0 Å². The van der Waals surface area contributed by atoms with Crippen LogP contribution in [0.5, 0.6) is 0 Å². The SMILES string of the molecule is CCOCCN1CCN(C[C@H]2CCCCO2)C[C@H]1CC. The lowest BCUT2D eigenvalue weighted by atomic mass is 10.1. The van der Waals surface area contributed by atoms with Crippen LogP contribution in [0.1, 0.15) is 39.5 Å². The van der Waals surface area contributed by atoms with E-state index < -0.39 is 0 Å². The molecule has 4 nitrogen and oxygen atoms in total. The molecular formula is C16H32N2O2. The summed E-state index contributed by atoms with van der Waals surface area (Å²) in [4.78, 5) is 5.22. The quantitative estimate of drug-likeness (QED) is 0.668. The summed E-state index contributed by atoms with van der Waals surface area (Å²) in [5.74, 6) is 0. The van der Waals surface area contributed by atoms with Crippen molar-refractivity contribution in [1.82, 2.24) is 9.80 Å². The van der Waals surface area contributed by atoms with Gasteiger partial charge in [0.05, 0.1) is 12.7 Å². The molecule has 20 heavy (non-hydrogen) atoms.